The van der Waals surface area contributed by atoms with E-state index in [9.17, 15) is 0 Å². The summed E-state index contributed by atoms with van der Waals surface area (Å²) in [5.74, 6) is -0.185. The molecule has 1 radical (unpaired) electrons. The third kappa shape index (κ3) is 7.08. The van der Waals surface area contributed by atoms with E-state index < -0.39 is 14.0 Å². The number of hydrogen-bond acceptors (Lipinski definition) is 4. The van der Waals surface area contributed by atoms with Gasteiger partial charge in [0.15, 0.2) is 0 Å². The van der Waals surface area contributed by atoms with Gasteiger partial charge in [-0.1, -0.05) is 112 Å². The van der Waals surface area contributed by atoms with E-state index in [0.717, 1.165) is 28.1 Å². The Balaban J connectivity index is 0.000000215. The Morgan fingerprint density at radius 2 is 1.51 bits per heavy atom. The molecule has 8 aromatic rings. The van der Waals surface area contributed by atoms with Crippen LogP contribution in [0.2, 0.25) is 19.6 Å². The SMILES string of the molecule is C[Si](C)(C)c1ccc(-c2[c-]cccc2)nc1.[2H]C(C)(C)c1ccnc(-c2[c-]c3sc4ccccc4c3c3c2sc2cc(C(C)C)ccc23)c1.[Ir]. The predicted molar refractivity (Wildman–Crippen MR) is 214 cm³/mol. The Morgan fingerprint density at radius 3 is 2.20 bits per heavy atom. The molecule has 4 aromatic heterocycles. The molecule has 0 bridgehead atoms. The molecule has 0 unspecified atom stereocenters. The molecule has 4 aromatic carbocycles. The first kappa shape index (κ1) is 34.0. The first-order valence-corrected chi connectivity index (χ1v) is 21.6. The van der Waals surface area contributed by atoms with Crippen molar-refractivity contribution in [1.82, 2.24) is 9.97 Å². The van der Waals surface area contributed by atoms with Gasteiger partial charge in [0.1, 0.15) is 0 Å². The van der Waals surface area contributed by atoms with Crippen molar-refractivity contribution in [2.75, 3.05) is 0 Å². The van der Waals surface area contributed by atoms with Gasteiger partial charge in [-0.25, -0.2) is 0 Å². The fourth-order valence-corrected chi connectivity index (χ4v) is 9.47. The molecule has 49 heavy (non-hydrogen) atoms. The maximum absolute atomic E-state index is 8.52. The minimum atomic E-state index is -1.23. The van der Waals surface area contributed by atoms with Crippen molar-refractivity contribution in [1.29, 1.82) is 0 Å². The largest absolute Gasteiger partial charge is 0.305 e. The Hall–Kier alpha value is -3.51. The molecular formula is C43H40IrN2S2Si-2. The van der Waals surface area contributed by atoms with Gasteiger partial charge < -0.3 is 9.97 Å². The third-order valence-corrected chi connectivity index (χ3v) is 13.2. The van der Waals surface area contributed by atoms with Gasteiger partial charge >= 0.3 is 0 Å². The topological polar surface area (TPSA) is 25.8 Å². The molecule has 0 N–H and O–H groups in total. The minimum Gasteiger partial charge on any atom is -0.305 e. The summed E-state index contributed by atoms with van der Waals surface area (Å²) >= 11 is 3.64. The molecule has 0 aliphatic rings. The van der Waals surface area contributed by atoms with Crippen LogP contribution in [-0.4, -0.2) is 18.0 Å². The second-order valence-corrected chi connectivity index (χ2v) is 21.1. The monoisotopic (exact) mass is 870 g/mol. The fraction of sp³-hybridized carbons (Fsp3) is 0.209. The number of rotatable bonds is 5. The molecule has 0 atom stereocenters. The molecule has 0 fully saturated rings. The number of benzene rings is 4. The number of pyridine rings is 2. The second kappa shape index (κ2) is 14.4. The van der Waals surface area contributed by atoms with Crippen LogP contribution in [-0.2, 0) is 20.1 Å². The van der Waals surface area contributed by atoms with E-state index >= 15 is 0 Å². The average Bonchev–Trinajstić information content (AvgIpc) is 3.66. The van der Waals surface area contributed by atoms with Gasteiger partial charge in [-0.05, 0) is 72.3 Å². The number of nitrogens with zero attached hydrogens (tertiary/aromatic N) is 2. The zero-order valence-electron chi connectivity index (χ0n) is 29.9. The Kier molecular flexibility index (Phi) is 9.97. The fourth-order valence-electron chi connectivity index (χ4n) is 6.06. The molecule has 4 heterocycles. The van der Waals surface area contributed by atoms with Gasteiger partial charge in [0.05, 0.1) is 8.07 Å². The Bertz CT molecular complexity index is 2440. The van der Waals surface area contributed by atoms with Gasteiger partial charge in [-0.2, -0.15) is 22.7 Å². The summed E-state index contributed by atoms with van der Waals surface area (Å²) in [5, 5.41) is 6.61. The summed E-state index contributed by atoms with van der Waals surface area (Å²) in [4.78, 5) is 9.27. The maximum atomic E-state index is 8.52. The summed E-state index contributed by atoms with van der Waals surface area (Å²) in [6, 6.07) is 38.8. The number of aromatic nitrogens is 2. The Labute approximate surface area is 314 Å². The molecule has 0 saturated heterocycles. The normalized spacial score (nSPS) is 12.3. The van der Waals surface area contributed by atoms with Crippen molar-refractivity contribution < 1.29 is 21.5 Å². The summed E-state index contributed by atoms with van der Waals surface area (Å²) in [6.45, 7) is 15.3. The van der Waals surface area contributed by atoms with Crippen LogP contribution in [0, 0.1) is 12.1 Å². The van der Waals surface area contributed by atoms with E-state index in [2.05, 4.69) is 111 Å². The van der Waals surface area contributed by atoms with Crippen LogP contribution in [0.15, 0.2) is 103 Å². The molecule has 0 spiro atoms. The molecule has 249 valence electrons. The van der Waals surface area contributed by atoms with E-state index in [0.29, 0.717) is 5.92 Å². The quantitative estimate of drug-likeness (QED) is 0.127. The molecule has 0 aliphatic heterocycles. The summed E-state index contributed by atoms with van der Waals surface area (Å²) in [5.41, 5.74) is 6.33. The van der Waals surface area contributed by atoms with E-state index in [1.807, 2.05) is 67.9 Å². The summed E-state index contributed by atoms with van der Waals surface area (Å²) in [6.07, 6.45) is 3.85. The van der Waals surface area contributed by atoms with E-state index in [-0.39, 0.29) is 20.1 Å². The number of fused-ring (bicyclic) bond motifs is 7. The van der Waals surface area contributed by atoms with Crippen LogP contribution >= 0.6 is 22.7 Å². The second-order valence-electron chi connectivity index (χ2n) is 13.9. The molecule has 8 rings (SSSR count). The van der Waals surface area contributed by atoms with Crippen molar-refractivity contribution >= 4 is 76.3 Å². The predicted octanol–water partition coefficient (Wildman–Crippen LogP) is 12.6. The molecule has 0 amide bonds. The van der Waals surface area contributed by atoms with Crippen LogP contribution < -0.4 is 5.19 Å². The smallest absolute Gasteiger partial charge is 0.0795 e. The molecule has 6 heteroatoms. The average molecular weight is 870 g/mol. The van der Waals surface area contributed by atoms with Crippen molar-refractivity contribution in [3.8, 4) is 22.5 Å². The molecule has 0 saturated carbocycles. The van der Waals surface area contributed by atoms with Crippen molar-refractivity contribution in [2.45, 2.75) is 59.1 Å². The van der Waals surface area contributed by atoms with Crippen LogP contribution in [0.5, 0.6) is 0 Å². The number of thiophene rings is 2. The molecule has 2 nitrogen and oxygen atoms in total. The van der Waals surface area contributed by atoms with Gasteiger partial charge in [0, 0.05) is 43.3 Å². The van der Waals surface area contributed by atoms with Gasteiger partial charge in [0.2, 0.25) is 0 Å². The summed E-state index contributed by atoms with van der Waals surface area (Å²) < 4.78 is 13.5. The zero-order chi connectivity index (χ0) is 34.5. The Morgan fingerprint density at radius 1 is 0.735 bits per heavy atom. The maximum Gasteiger partial charge on any atom is 0.0795 e. The van der Waals surface area contributed by atoms with Crippen LogP contribution in [0.3, 0.4) is 0 Å². The van der Waals surface area contributed by atoms with Crippen molar-refractivity contribution in [2.24, 2.45) is 0 Å². The minimum absolute atomic E-state index is 0. The van der Waals surface area contributed by atoms with Crippen molar-refractivity contribution in [3.05, 3.63) is 127 Å². The first-order chi connectivity index (χ1) is 23.4. The molecular weight excluding hydrogens is 829 g/mol. The molecule has 0 aliphatic carbocycles. The third-order valence-electron chi connectivity index (χ3n) is 8.90. The standard InChI is InChI=1S/C29H24NS2.C14H16NSi.Ir/c1-16(2)18-9-10-21-25(14-18)32-29-22(23-13-19(17(3)4)11-12-30-23)15-26-27(28(21)29)20-7-5-6-8-24(20)31-26;1-16(2,3)13-9-10-14(15-11-13)12-7-5-4-6-8-12;/h5-14,16-17H,1-4H3;4-7,9-11H,1-3H3;/q2*-1;/i17D;;. The van der Waals surface area contributed by atoms with Crippen LogP contribution in [0.25, 0.3) is 62.9 Å². The van der Waals surface area contributed by atoms with Crippen LogP contribution in [0.1, 0.15) is 52.0 Å². The van der Waals surface area contributed by atoms with E-state index in [1.54, 1.807) is 11.3 Å². The number of hydrogen-bond donors (Lipinski definition) is 0. The van der Waals surface area contributed by atoms with Gasteiger partial charge in [0.25, 0.3) is 0 Å². The zero-order valence-corrected chi connectivity index (χ0v) is 34.0. The van der Waals surface area contributed by atoms with Gasteiger partial charge in [-0.15, -0.1) is 47.5 Å². The summed E-state index contributed by atoms with van der Waals surface area (Å²) in [7, 11) is -1.23. The van der Waals surface area contributed by atoms with Crippen LogP contribution in [0.4, 0.5) is 0 Å². The van der Waals surface area contributed by atoms with E-state index in [1.165, 1.54) is 51.1 Å². The van der Waals surface area contributed by atoms with Gasteiger partial charge in [-0.3, -0.25) is 0 Å². The first-order valence-electron chi connectivity index (χ1n) is 17.0. The van der Waals surface area contributed by atoms with E-state index in [4.69, 9.17) is 6.35 Å². The van der Waals surface area contributed by atoms with Crippen molar-refractivity contribution in [3.63, 3.8) is 0 Å².